The second kappa shape index (κ2) is 11.1. The van der Waals surface area contributed by atoms with Crippen LogP contribution in [-0.2, 0) is 28.9 Å². The van der Waals surface area contributed by atoms with Gasteiger partial charge in [0, 0.05) is 17.8 Å². The second-order valence-electron chi connectivity index (χ2n) is 7.78. The summed E-state index contributed by atoms with van der Waals surface area (Å²) in [7, 11) is 4.03. The van der Waals surface area contributed by atoms with Crippen molar-refractivity contribution in [2.75, 3.05) is 38.3 Å². The number of anilines is 1. The van der Waals surface area contributed by atoms with Gasteiger partial charge in [-0.25, -0.2) is 14.6 Å². The topological polar surface area (TPSA) is 106 Å². The Morgan fingerprint density at radius 3 is 2.78 bits per heavy atom. The second-order valence-corrected chi connectivity index (χ2v) is 9.74. The van der Waals surface area contributed by atoms with Gasteiger partial charge in [-0.2, -0.15) is 4.98 Å². The lowest BCUT2D eigenvalue weighted by atomic mass is 10.2. The van der Waals surface area contributed by atoms with E-state index in [0.717, 1.165) is 54.8 Å². The Balaban J connectivity index is 1.65. The summed E-state index contributed by atoms with van der Waals surface area (Å²) in [4.78, 5) is 48.0. The van der Waals surface area contributed by atoms with E-state index in [2.05, 4.69) is 20.2 Å². The quantitative estimate of drug-likeness (QED) is 0.314. The van der Waals surface area contributed by atoms with Gasteiger partial charge in [0.15, 0.2) is 5.13 Å². The fraction of sp³-hybridized carbons (Fsp3) is 0.571. The molecule has 1 amide bonds. The fourth-order valence-electron chi connectivity index (χ4n) is 3.61. The summed E-state index contributed by atoms with van der Waals surface area (Å²) in [6, 6.07) is 0. The molecule has 2 aromatic heterocycles. The number of carbonyl (C=O) groups is 2. The molecule has 0 saturated carbocycles. The zero-order valence-corrected chi connectivity index (χ0v) is 20.5. The lowest BCUT2D eigenvalue weighted by Gasteiger charge is -2.15. The molecular weight excluding hydrogens is 450 g/mol. The van der Waals surface area contributed by atoms with Crippen LogP contribution in [0.5, 0.6) is 0 Å². The van der Waals surface area contributed by atoms with Crippen LogP contribution in [0.2, 0.25) is 0 Å². The summed E-state index contributed by atoms with van der Waals surface area (Å²) in [5.74, 6) is -0.595. The minimum atomic E-state index is -0.441. The molecule has 1 aliphatic rings. The molecule has 1 aliphatic carbocycles. The first kappa shape index (κ1) is 24.4. The first-order valence-electron chi connectivity index (χ1n) is 10.6. The molecule has 9 nitrogen and oxygen atoms in total. The molecule has 2 heterocycles. The largest absolute Gasteiger partial charge is 0.462 e. The number of aryl methyl sites for hydroxylation is 1. The van der Waals surface area contributed by atoms with Crippen LogP contribution in [0.15, 0.2) is 9.82 Å². The molecule has 0 bridgehead atoms. The third-order valence-corrected chi connectivity index (χ3v) is 7.10. The minimum Gasteiger partial charge on any atom is -0.462 e. The lowest BCUT2D eigenvalue weighted by Crippen LogP contribution is -2.29. The Labute approximate surface area is 195 Å². The molecule has 0 spiro atoms. The molecule has 0 aliphatic heterocycles. The molecule has 0 radical (unpaired) electrons. The highest BCUT2D eigenvalue weighted by molar-refractivity contribution is 8.00. The number of hydrogen-bond acceptors (Lipinski definition) is 9. The molecule has 174 valence electrons. The Bertz CT molecular complexity index is 1050. The van der Waals surface area contributed by atoms with Gasteiger partial charge in [0.05, 0.1) is 18.1 Å². The maximum atomic E-state index is 12.6. The van der Waals surface area contributed by atoms with Gasteiger partial charge in [-0.05, 0) is 60.2 Å². The minimum absolute atomic E-state index is 0.108. The number of hydrogen-bond donors (Lipinski definition) is 1. The van der Waals surface area contributed by atoms with Crippen molar-refractivity contribution in [3.05, 3.63) is 32.3 Å². The SMILES string of the molecule is CCOC(=O)c1sc(NC(=O)CSc2nc(=O)n(CCCN(C)C)c3c2CCC3)nc1C. The predicted octanol–water partition coefficient (Wildman–Crippen LogP) is 2.36. The Morgan fingerprint density at radius 2 is 2.06 bits per heavy atom. The number of carbonyl (C=O) groups excluding carboxylic acids is 2. The summed E-state index contributed by atoms with van der Waals surface area (Å²) >= 11 is 2.36. The van der Waals surface area contributed by atoms with Gasteiger partial charge in [0.1, 0.15) is 9.90 Å². The van der Waals surface area contributed by atoms with Crippen molar-refractivity contribution in [3.8, 4) is 0 Å². The normalized spacial score (nSPS) is 12.8. The van der Waals surface area contributed by atoms with E-state index in [-0.39, 0.29) is 24.0 Å². The van der Waals surface area contributed by atoms with Crippen molar-refractivity contribution in [1.82, 2.24) is 19.4 Å². The smallest absolute Gasteiger partial charge is 0.350 e. The van der Waals surface area contributed by atoms with Crippen molar-refractivity contribution >= 4 is 40.1 Å². The number of thiazole rings is 1. The van der Waals surface area contributed by atoms with Gasteiger partial charge < -0.3 is 15.0 Å². The number of ether oxygens (including phenoxy) is 1. The van der Waals surface area contributed by atoms with Crippen LogP contribution in [-0.4, -0.2) is 64.3 Å². The van der Waals surface area contributed by atoms with Crippen molar-refractivity contribution in [2.45, 2.75) is 51.1 Å². The fourth-order valence-corrected chi connectivity index (χ4v) is 5.36. The summed E-state index contributed by atoms with van der Waals surface area (Å²) < 4.78 is 6.80. The lowest BCUT2D eigenvalue weighted by molar-refractivity contribution is -0.113. The van der Waals surface area contributed by atoms with E-state index < -0.39 is 5.97 Å². The van der Waals surface area contributed by atoms with Crippen molar-refractivity contribution in [1.29, 1.82) is 0 Å². The molecule has 0 unspecified atom stereocenters. The van der Waals surface area contributed by atoms with Crippen molar-refractivity contribution in [2.24, 2.45) is 0 Å². The highest BCUT2D eigenvalue weighted by Crippen LogP contribution is 2.30. The van der Waals surface area contributed by atoms with Gasteiger partial charge >= 0.3 is 11.7 Å². The monoisotopic (exact) mass is 479 g/mol. The summed E-state index contributed by atoms with van der Waals surface area (Å²) in [6.45, 7) is 5.28. The van der Waals surface area contributed by atoms with Crippen LogP contribution >= 0.6 is 23.1 Å². The number of nitrogens with zero attached hydrogens (tertiary/aromatic N) is 4. The van der Waals surface area contributed by atoms with Crippen LogP contribution in [0.4, 0.5) is 5.13 Å². The number of esters is 1. The highest BCUT2D eigenvalue weighted by Gasteiger charge is 2.23. The van der Waals surface area contributed by atoms with Crippen LogP contribution < -0.4 is 11.0 Å². The average Bonchev–Trinajstić information content (AvgIpc) is 3.35. The van der Waals surface area contributed by atoms with E-state index in [0.29, 0.717) is 27.3 Å². The van der Waals surface area contributed by atoms with Crippen LogP contribution in [0.1, 0.15) is 46.4 Å². The molecule has 2 aromatic rings. The standard InChI is InChI=1S/C21H29N5O4S2/c1-5-30-19(28)17-13(2)22-20(32-17)23-16(27)12-31-18-14-8-6-9-15(14)26(21(29)24-18)11-7-10-25(3)4/h5-12H2,1-4H3,(H,22,23,27). The Kier molecular flexibility index (Phi) is 8.44. The predicted molar refractivity (Wildman–Crippen MR) is 126 cm³/mol. The molecule has 0 atom stereocenters. The summed E-state index contributed by atoms with van der Waals surface area (Å²) in [5.41, 5.74) is 2.42. The van der Waals surface area contributed by atoms with Gasteiger partial charge in [0.25, 0.3) is 0 Å². The number of nitrogens with one attached hydrogen (secondary N) is 1. The Morgan fingerprint density at radius 1 is 1.28 bits per heavy atom. The van der Waals surface area contributed by atoms with E-state index in [1.807, 2.05) is 14.1 Å². The van der Waals surface area contributed by atoms with Crippen LogP contribution in [0.3, 0.4) is 0 Å². The number of thioether (sulfide) groups is 1. The number of aromatic nitrogens is 3. The van der Waals surface area contributed by atoms with Gasteiger partial charge in [0.2, 0.25) is 5.91 Å². The third kappa shape index (κ3) is 5.96. The zero-order valence-electron chi connectivity index (χ0n) is 18.9. The van der Waals surface area contributed by atoms with Gasteiger partial charge in [-0.3, -0.25) is 9.36 Å². The molecular formula is C21H29N5O4S2. The van der Waals surface area contributed by atoms with E-state index in [1.54, 1.807) is 18.4 Å². The number of rotatable bonds is 10. The van der Waals surface area contributed by atoms with Crippen LogP contribution in [0, 0.1) is 6.92 Å². The first-order valence-corrected chi connectivity index (χ1v) is 12.4. The number of amides is 1. The van der Waals surface area contributed by atoms with Crippen molar-refractivity contribution < 1.29 is 14.3 Å². The molecule has 11 heteroatoms. The van der Waals surface area contributed by atoms with Gasteiger partial charge in [-0.1, -0.05) is 23.1 Å². The molecule has 0 saturated heterocycles. The van der Waals surface area contributed by atoms with Crippen molar-refractivity contribution in [3.63, 3.8) is 0 Å². The third-order valence-electron chi connectivity index (χ3n) is 5.03. The molecule has 0 aromatic carbocycles. The van der Waals surface area contributed by atoms with E-state index in [1.165, 1.54) is 11.8 Å². The van der Waals surface area contributed by atoms with Crippen LogP contribution in [0.25, 0.3) is 0 Å². The summed E-state index contributed by atoms with van der Waals surface area (Å²) in [6.07, 6.45) is 3.61. The molecule has 0 fully saturated rings. The summed E-state index contributed by atoms with van der Waals surface area (Å²) in [5, 5.41) is 3.72. The van der Waals surface area contributed by atoms with Gasteiger partial charge in [-0.15, -0.1) is 0 Å². The zero-order chi connectivity index (χ0) is 23.3. The first-order chi connectivity index (χ1) is 15.3. The molecule has 32 heavy (non-hydrogen) atoms. The van der Waals surface area contributed by atoms with E-state index in [4.69, 9.17) is 4.74 Å². The maximum absolute atomic E-state index is 12.6. The number of fused-ring (bicyclic) bond motifs is 1. The molecule has 1 N–H and O–H groups in total. The Hall–Kier alpha value is -2.24. The van der Waals surface area contributed by atoms with E-state index >= 15 is 0 Å². The van der Waals surface area contributed by atoms with E-state index in [9.17, 15) is 14.4 Å². The average molecular weight is 480 g/mol. The maximum Gasteiger partial charge on any atom is 0.350 e. The molecule has 3 rings (SSSR count). The highest BCUT2D eigenvalue weighted by atomic mass is 32.2.